The molecule has 0 heterocycles. The smallest absolute Gasteiger partial charge is 0.225 e. The second-order valence-electron chi connectivity index (χ2n) is 7.89. The maximum absolute atomic E-state index is 13.7. The Labute approximate surface area is 149 Å². The van der Waals surface area contributed by atoms with Crippen molar-refractivity contribution in [1.29, 1.82) is 0 Å². The lowest BCUT2D eigenvalue weighted by Crippen LogP contribution is -2.11. The Morgan fingerprint density at radius 2 is 1.68 bits per heavy atom. The molecule has 0 radical (unpaired) electrons. The average molecular weight is 361 g/mol. The van der Waals surface area contributed by atoms with Crippen molar-refractivity contribution < 1.29 is 12.8 Å². The van der Waals surface area contributed by atoms with Gasteiger partial charge in [0.2, 0.25) is 10.0 Å². The SMILES string of the molecule is CC1CC(C2=C(c3ccc(S(N)(=O)=O)cc3)CC(C)(C)C2)=CC=C1F. The molecule has 5 heteroatoms. The molecule has 1 atom stereocenters. The van der Waals surface area contributed by atoms with Crippen molar-refractivity contribution >= 4 is 15.6 Å². The lowest BCUT2D eigenvalue weighted by molar-refractivity contribution is 0.396. The average Bonchev–Trinajstić information content (AvgIpc) is 2.85. The van der Waals surface area contributed by atoms with E-state index in [1.807, 2.05) is 25.1 Å². The summed E-state index contributed by atoms with van der Waals surface area (Å²) in [6.07, 6.45) is 6.02. The van der Waals surface area contributed by atoms with E-state index >= 15 is 0 Å². The second kappa shape index (κ2) is 6.22. The minimum absolute atomic E-state index is 0.0688. The van der Waals surface area contributed by atoms with Crippen LogP contribution in [-0.4, -0.2) is 8.42 Å². The Bertz CT molecular complexity index is 890. The summed E-state index contributed by atoms with van der Waals surface area (Å²) in [7, 11) is -3.69. The fourth-order valence-electron chi connectivity index (χ4n) is 3.73. The maximum atomic E-state index is 13.7. The molecule has 1 aromatic carbocycles. The van der Waals surface area contributed by atoms with Gasteiger partial charge in [0, 0.05) is 5.92 Å². The van der Waals surface area contributed by atoms with Gasteiger partial charge in [-0.3, -0.25) is 0 Å². The van der Waals surface area contributed by atoms with Crippen LogP contribution in [0.3, 0.4) is 0 Å². The molecule has 0 amide bonds. The van der Waals surface area contributed by atoms with Gasteiger partial charge in [-0.25, -0.2) is 17.9 Å². The molecular formula is C20H24FNO2S. The predicted molar refractivity (Wildman–Crippen MR) is 98.8 cm³/mol. The fraction of sp³-hybridized carbons (Fsp3) is 0.400. The van der Waals surface area contributed by atoms with E-state index < -0.39 is 10.0 Å². The third-order valence-corrected chi connectivity index (χ3v) is 5.96. The van der Waals surface area contributed by atoms with Crippen molar-refractivity contribution in [1.82, 2.24) is 0 Å². The number of allylic oxidation sites excluding steroid dienone is 6. The number of hydrogen-bond acceptors (Lipinski definition) is 2. The molecule has 0 aromatic heterocycles. The molecule has 0 spiro atoms. The lowest BCUT2D eigenvalue weighted by Gasteiger charge is -2.21. The van der Waals surface area contributed by atoms with Crippen LogP contribution in [0.15, 0.2) is 58.3 Å². The van der Waals surface area contributed by atoms with Crippen LogP contribution in [0.25, 0.3) is 5.57 Å². The molecule has 1 unspecified atom stereocenters. The van der Waals surface area contributed by atoms with Crippen LogP contribution in [-0.2, 0) is 10.0 Å². The predicted octanol–water partition coefficient (Wildman–Crippen LogP) is 4.73. The van der Waals surface area contributed by atoms with E-state index in [1.54, 1.807) is 18.2 Å². The van der Waals surface area contributed by atoms with Crippen molar-refractivity contribution in [2.45, 2.75) is 44.9 Å². The minimum atomic E-state index is -3.69. The zero-order valence-corrected chi connectivity index (χ0v) is 15.7. The summed E-state index contributed by atoms with van der Waals surface area (Å²) in [6.45, 7) is 6.35. The molecule has 0 aliphatic heterocycles. The third-order valence-electron chi connectivity index (χ3n) is 5.03. The van der Waals surface area contributed by atoms with Crippen molar-refractivity contribution in [2.75, 3.05) is 0 Å². The first-order valence-corrected chi connectivity index (χ1v) is 10.0. The monoisotopic (exact) mass is 361 g/mol. The van der Waals surface area contributed by atoms with E-state index in [0.29, 0.717) is 6.42 Å². The highest BCUT2D eigenvalue weighted by Gasteiger charge is 2.33. The van der Waals surface area contributed by atoms with Gasteiger partial charge in [-0.05, 0) is 65.2 Å². The molecular weight excluding hydrogens is 337 g/mol. The van der Waals surface area contributed by atoms with E-state index in [1.165, 1.54) is 16.7 Å². The zero-order valence-electron chi connectivity index (χ0n) is 14.8. The Morgan fingerprint density at radius 3 is 2.24 bits per heavy atom. The normalized spacial score (nSPS) is 23.5. The molecule has 2 N–H and O–H groups in total. The number of nitrogens with two attached hydrogens (primary N) is 1. The van der Waals surface area contributed by atoms with Gasteiger partial charge in [0.15, 0.2) is 0 Å². The first-order chi connectivity index (χ1) is 11.6. The van der Waals surface area contributed by atoms with Crippen LogP contribution in [0.5, 0.6) is 0 Å². The molecule has 0 fully saturated rings. The Morgan fingerprint density at radius 1 is 1.08 bits per heavy atom. The highest BCUT2D eigenvalue weighted by Crippen LogP contribution is 2.49. The van der Waals surface area contributed by atoms with Crippen molar-refractivity contribution in [2.24, 2.45) is 16.5 Å². The molecule has 1 aromatic rings. The summed E-state index contributed by atoms with van der Waals surface area (Å²) < 4.78 is 36.6. The molecule has 2 aliphatic rings. The van der Waals surface area contributed by atoms with Gasteiger partial charge in [0.25, 0.3) is 0 Å². The lowest BCUT2D eigenvalue weighted by atomic mass is 9.85. The van der Waals surface area contributed by atoms with Gasteiger partial charge >= 0.3 is 0 Å². The standard InChI is InChI=1S/C20H24FNO2S/c1-13-10-15(6-9-19(13)21)18-12-20(2,3)11-17(18)14-4-7-16(8-5-14)25(22,23)24/h4-9,13H,10-12H2,1-3H3,(H2,22,23,24). The van der Waals surface area contributed by atoms with Crippen LogP contribution in [0.4, 0.5) is 4.39 Å². The van der Waals surface area contributed by atoms with Crippen LogP contribution in [0.1, 0.15) is 45.6 Å². The molecule has 134 valence electrons. The van der Waals surface area contributed by atoms with E-state index in [2.05, 4.69) is 13.8 Å². The molecule has 3 rings (SSSR count). The second-order valence-corrected chi connectivity index (χ2v) is 9.45. The molecule has 3 nitrogen and oxygen atoms in total. The van der Waals surface area contributed by atoms with Gasteiger partial charge in [-0.1, -0.05) is 39.0 Å². The number of benzene rings is 1. The van der Waals surface area contributed by atoms with Gasteiger partial charge in [-0.15, -0.1) is 0 Å². The molecule has 2 aliphatic carbocycles. The third kappa shape index (κ3) is 3.77. The number of primary sulfonamides is 1. The summed E-state index contributed by atoms with van der Waals surface area (Å²) >= 11 is 0. The Kier molecular flexibility index (Phi) is 4.50. The first-order valence-electron chi connectivity index (χ1n) is 8.49. The Balaban J connectivity index is 2.04. The van der Waals surface area contributed by atoms with Crippen LogP contribution in [0.2, 0.25) is 0 Å². The van der Waals surface area contributed by atoms with Gasteiger partial charge in [-0.2, -0.15) is 0 Å². The van der Waals surface area contributed by atoms with E-state index in [4.69, 9.17) is 5.14 Å². The van der Waals surface area contributed by atoms with E-state index in [9.17, 15) is 12.8 Å². The molecule has 0 bridgehead atoms. The molecule has 0 saturated heterocycles. The first kappa shape index (κ1) is 18.1. The van der Waals surface area contributed by atoms with Gasteiger partial charge in [0.1, 0.15) is 5.83 Å². The number of sulfonamides is 1. The summed E-state index contributed by atoms with van der Waals surface area (Å²) in [5, 5.41) is 5.18. The summed E-state index contributed by atoms with van der Waals surface area (Å²) in [4.78, 5) is 0.117. The summed E-state index contributed by atoms with van der Waals surface area (Å²) in [5.41, 5.74) is 4.82. The zero-order chi connectivity index (χ0) is 18.4. The number of hydrogen-bond donors (Lipinski definition) is 1. The van der Waals surface area contributed by atoms with Gasteiger partial charge < -0.3 is 0 Å². The van der Waals surface area contributed by atoms with Gasteiger partial charge in [0.05, 0.1) is 4.90 Å². The van der Waals surface area contributed by atoms with Crippen LogP contribution >= 0.6 is 0 Å². The van der Waals surface area contributed by atoms with Crippen molar-refractivity contribution in [3.8, 4) is 0 Å². The Hall–Kier alpha value is -1.72. The topological polar surface area (TPSA) is 60.2 Å². The maximum Gasteiger partial charge on any atom is 0.238 e. The van der Waals surface area contributed by atoms with Crippen LogP contribution < -0.4 is 5.14 Å². The number of halogens is 1. The highest BCUT2D eigenvalue weighted by atomic mass is 32.2. The molecule has 0 saturated carbocycles. The van der Waals surface area contributed by atoms with Crippen molar-refractivity contribution in [3.63, 3.8) is 0 Å². The van der Waals surface area contributed by atoms with Crippen LogP contribution in [0, 0.1) is 11.3 Å². The number of rotatable bonds is 3. The minimum Gasteiger partial charge on any atom is -0.225 e. The molecule has 25 heavy (non-hydrogen) atoms. The summed E-state index contributed by atoms with van der Waals surface area (Å²) in [6, 6.07) is 6.75. The highest BCUT2D eigenvalue weighted by molar-refractivity contribution is 7.89. The largest absolute Gasteiger partial charge is 0.238 e. The van der Waals surface area contributed by atoms with E-state index in [0.717, 1.165) is 18.4 Å². The van der Waals surface area contributed by atoms with E-state index in [-0.39, 0.29) is 22.1 Å². The quantitative estimate of drug-likeness (QED) is 0.846. The fourth-order valence-corrected chi connectivity index (χ4v) is 4.24. The van der Waals surface area contributed by atoms with Crippen molar-refractivity contribution in [3.05, 3.63) is 59.0 Å². The summed E-state index contributed by atoms with van der Waals surface area (Å²) in [5.74, 6) is -0.164.